The summed E-state index contributed by atoms with van der Waals surface area (Å²) >= 11 is 0. The molecule has 0 aliphatic carbocycles. The number of benzene rings is 2. The minimum atomic E-state index is -0.192. The first-order valence-electron chi connectivity index (χ1n) is 10.2. The number of hydrogen-bond donors (Lipinski definition) is 0. The van der Waals surface area contributed by atoms with E-state index in [0.717, 1.165) is 43.4 Å². The molecule has 0 aliphatic heterocycles. The number of azo groups is 1. The van der Waals surface area contributed by atoms with E-state index in [0.29, 0.717) is 11.5 Å². The van der Waals surface area contributed by atoms with Crippen molar-refractivity contribution in [1.82, 2.24) is 0 Å². The smallest absolute Gasteiger partial charge is 0.161 e. The third kappa shape index (κ3) is 6.77. The molecule has 2 atom stereocenters. The van der Waals surface area contributed by atoms with Crippen molar-refractivity contribution < 1.29 is 14.2 Å². The van der Waals surface area contributed by atoms with Gasteiger partial charge in [-0.2, -0.15) is 15.5 Å². The van der Waals surface area contributed by atoms with Crippen LogP contribution in [0.15, 0.2) is 52.7 Å². The Labute approximate surface area is 179 Å². The standard InChI is InChI=1S/C24H31N3O3/c1-26-27-21(13-11-18-7-5-10-22(15-18)28-2)9-6-8-20(17-25)19-12-14-23(29-3)24(16-19)30-4/h5,7,10,12,14-16,20-21H,6,8-9,11,13H2,1-4H3/b27-26+. The van der Waals surface area contributed by atoms with Gasteiger partial charge < -0.3 is 14.2 Å². The number of ether oxygens (including phenoxy) is 3. The molecule has 2 unspecified atom stereocenters. The minimum Gasteiger partial charge on any atom is -0.497 e. The molecule has 0 N–H and O–H groups in total. The van der Waals surface area contributed by atoms with E-state index in [1.54, 1.807) is 28.4 Å². The number of nitriles is 1. The first-order chi connectivity index (χ1) is 14.6. The van der Waals surface area contributed by atoms with Crippen molar-refractivity contribution in [3.63, 3.8) is 0 Å². The quantitative estimate of drug-likeness (QED) is 0.429. The molecule has 0 fully saturated rings. The van der Waals surface area contributed by atoms with Gasteiger partial charge in [0, 0.05) is 7.05 Å². The number of nitrogens with zero attached hydrogens (tertiary/aromatic N) is 3. The predicted molar refractivity (Wildman–Crippen MR) is 118 cm³/mol. The maximum Gasteiger partial charge on any atom is 0.161 e. The van der Waals surface area contributed by atoms with Crippen LogP contribution in [0.5, 0.6) is 17.2 Å². The van der Waals surface area contributed by atoms with Crippen LogP contribution in [0.2, 0.25) is 0 Å². The van der Waals surface area contributed by atoms with Crippen LogP contribution >= 0.6 is 0 Å². The molecule has 6 heteroatoms. The molecule has 2 rings (SSSR count). The zero-order valence-corrected chi connectivity index (χ0v) is 18.3. The van der Waals surface area contributed by atoms with Crippen molar-refractivity contribution in [1.29, 1.82) is 5.26 Å². The monoisotopic (exact) mass is 409 g/mol. The fraction of sp³-hybridized carbons (Fsp3) is 0.458. The summed E-state index contributed by atoms with van der Waals surface area (Å²) in [5, 5.41) is 18.1. The molecule has 0 aromatic heterocycles. The lowest BCUT2D eigenvalue weighted by molar-refractivity contribution is 0.354. The van der Waals surface area contributed by atoms with Crippen molar-refractivity contribution in [3.8, 4) is 23.3 Å². The number of methoxy groups -OCH3 is 3. The maximum absolute atomic E-state index is 9.66. The first-order valence-corrected chi connectivity index (χ1v) is 10.2. The first kappa shape index (κ1) is 23.2. The second kappa shape index (κ2) is 12.5. The normalized spacial score (nSPS) is 12.9. The number of rotatable bonds is 12. The van der Waals surface area contributed by atoms with Crippen molar-refractivity contribution >= 4 is 0 Å². The van der Waals surface area contributed by atoms with E-state index < -0.39 is 0 Å². The van der Waals surface area contributed by atoms with E-state index in [9.17, 15) is 5.26 Å². The summed E-state index contributed by atoms with van der Waals surface area (Å²) in [4.78, 5) is 0. The SMILES string of the molecule is C/N=N/C(CCCC(C#N)c1ccc(OC)c(OC)c1)CCc1cccc(OC)c1. The van der Waals surface area contributed by atoms with Gasteiger partial charge in [0.25, 0.3) is 0 Å². The summed E-state index contributed by atoms with van der Waals surface area (Å²) in [5.74, 6) is 1.99. The van der Waals surface area contributed by atoms with E-state index >= 15 is 0 Å². The summed E-state index contributed by atoms with van der Waals surface area (Å²) < 4.78 is 15.9. The molecular formula is C24H31N3O3. The summed E-state index contributed by atoms with van der Waals surface area (Å²) in [7, 11) is 6.59. The van der Waals surface area contributed by atoms with Gasteiger partial charge in [0.15, 0.2) is 11.5 Å². The highest BCUT2D eigenvalue weighted by molar-refractivity contribution is 5.45. The Morgan fingerprint density at radius 2 is 1.73 bits per heavy atom. The molecule has 0 radical (unpaired) electrons. The van der Waals surface area contributed by atoms with Crippen molar-refractivity contribution in [2.75, 3.05) is 28.4 Å². The molecule has 160 valence electrons. The third-order valence-corrected chi connectivity index (χ3v) is 5.18. The lowest BCUT2D eigenvalue weighted by Gasteiger charge is -2.15. The Bertz CT molecular complexity index is 861. The topological polar surface area (TPSA) is 76.2 Å². The average molecular weight is 410 g/mol. The molecule has 0 bridgehead atoms. The molecule has 0 saturated heterocycles. The van der Waals surface area contributed by atoms with E-state index in [2.05, 4.69) is 28.4 Å². The minimum absolute atomic E-state index is 0.144. The molecule has 30 heavy (non-hydrogen) atoms. The van der Waals surface area contributed by atoms with Crippen LogP contribution in [-0.4, -0.2) is 34.4 Å². The molecule has 0 aliphatic rings. The van der Waals surface area contributed by atoms with Crippen LogP contribution in [-0.2, 0) is 6.42 Å². The molecular weight excluding hydrogens is 378 g/mol. The van der Waals surface area contributed by atoms with Gasteiger partial charge in [0.2, 0.25) is 0 Å². The Hall–Kier alpha value is -3.07. The molecule has 2 aromatic carbocycles. The Morgan fingerprint density at radius 1 is 0.933 bits per heavy atom. The maximum atomic E-state index is 9.66. The summed E-state index contributed by atoms with van der Waals surface area (Å²) in [6, 6.07) is 16.3. The summed E-state index contributed by atoms with van der Waals surface area (Å²) in [6.07, 6.45) is 4.39. The summed E-state index contributed by atoms with van der Waals surface area (Å²) in [6.45, 7) is 0. The van der Waals surface area contributed by atoms with Gasteiger partial charge in [-0.3, -0.25) is 0 Å². The van der Waals surface area contributed by atoms with Crippen LogP contribution in [0.25, 0.3) is 0 Å². The van der Waals surface area contributed by atoms with Gasteiger partial charge in [-0.25, -0.2) is 0 Å². The highest BCUT2D eigenvalue weighted by Crippen LogP contribution is 2.32. The van der Waals surface area contributed by atoms with Gasteiger partial charge in [-0.15, -0.1) is 0 Å². The third-order valence-electron chi connectivity index (χ3n) is 5.18. The number of aryl methyl sites for hydroxylation is 1. The van der Waals surface area contributed by atoms with Crippen LogP contribution < -0.4 is 14.2 Å². The molecule has 0 spiro atoms. The van der Waals surface area contributed by atoms with Gasteiger partial charge in [0.05, 0.1) is 39.4 Å². The predicted octanol–water partition coefficient (Wildman–Crippen LogP) is 5.57. The van der Waals surface area contributed by atoms with Crippen molar-refractivity contribution in [2.45, 2.75) is 44.1 Å². The molecule has 2 aromatic rings. The van der Waals surface area contributed by atoms with Gasteiger partial charge in [-0.1, -0.05) is 18.2 Å². The van der Waals surface area contributed by atoms with Crippen LogP contribution in [0.4, 0.5) is 0 Å². The fourth-order valence-electron chi connectivity index (χ4n) is 3.52. The second-order valence-corrected chi connectivity index (χ2v) is 7.09. The van der Waals surface area contributed by atoms with Gasteiger partial charge in [-0.05, 0) is 67.5 Å². The second-order valence-electron chi connectivity index (χ2n) is 7.09. The van der Waals surface area contributed by atoms with Crippen molar-refractivity contribution in [3.05, 3.63) is 53.6 Å². The zero-order valence-electron chi connectivity index (χ0n) is 18.3. The van der Waals surface area contributed by atoms with Crippen LogP contribution in [0.1, 0.15) is 42.7 Å². The van der Waals surface area contributed by atoms with Crippen LogP contribution in [0, 0.1) is 11.3 Å². The van der Waals surface area contributed by atoms with E-state index in [1.807, 2.05) is 30.3 Å². The Morgan fingerprint density at radius 3 is 2.40 bits per heavy atom. The molecule has 0 amide bonds. The van der Waals surface area contributed by atoms with Crippen molar-refractivity contribution in [2.24, 2.45) is 10.2 Å². The summed E-state index contributed by atoms with van der Waals surface area (Å²) in [5.41, 5.74) is 2.17. The Balaban J connectivity index is 1.93. The number of hydrogen-bond acceptors (Lipinski definition) is 6. The zero-order chi connectivity index (χ0) is 21.8. The van der Waals surface area contributed by atoms with Gasteiger partial charge >= 0.3 is 0 Å². The van der Waals surface area contributed by atoms with E-state index in [4.69, 9.17) is 14.2 Å². The molecule has 0 heterocycles. The highest BCUT2D eigenvalue weighted by atomic mass is 16.5. The lowest BCUT2D eigenvalue weighted by Crippen LogP contribution is -2.07. The largest absolute Gasteiger partial charge is 0.497 e. The average Bonchev–Trinajstić information content (AvgIpc) is 2.79. The van der Waals surface area contributed by atoms with Gasteiger partial charge in [0.1, 0.15) is 5.75 Å². The van der Waals surface area contributed by atoms with Crippen LogP contribution in [0.3, 0.4) is 0 Å². The van der Waals surface area contributed by atoms with E-state index in [1.165, 1.54) is 5.56 Å². The highest BCUT2D eigenvalue weighted by Gasteiger charge is 2.16. The van der Waals surface area contributed by atoms with E-state index in [-0.39, 0.29) is 12.0 Å². The Kier molecular flexibility index (Phi) is 9.66. The fourth-order valence-corrected chi connectivity index (χ4v) is 3.52. The lowest BCUT2D eigenvalue weighted by atomic mass is 9.92. The molecule has 6 nitrogen and oxygen atoms in total. The molecule has 0 saturated carbocycles.